The van der Waals surface area contributed by atoms with Crippen LogP contribution >= 0.6 is 0 Å². The SMILES string of the molecule is N/N=C(\N)c1ccc(-c2cnc3[nH]cc(C(=O)c4c(F)ccc(NS(=O)c5cccc(F)c5)c4F)c3c2)cc1. The first-order valence-electron chi connectivity index (χ1n) is 11.3. The molecule has 1 unspecified atom stereocenters. The Balaban J connectivity index is 1.50. The predicted octanol–water partition coefficient (Wildman–Crippen LogP) is 4.59. The van der Waals surface area contributed by atoms with Gasteiger partial charge in [-0.05, 0) is 42.0 Å². The molecule has 0 aliphatic rings. The van der Waals surface area contributed by atoms with E-state index < -0.39 is 39.8 Å². The maximum absolute atomic E-state index is 15.4. The summed E-state index contributed by atoms with van der Waals surface area (Å²) in [5.41, 5.74) is 6.79. The third-order valence-corrected chi connectivity index (χ3v) is 7.05. The van der Waals surface area contributed by atoms with E-state index >= 15 is 4.39 Å². The molecule has 0 aliphatic carbocycles. The smallest absolute Gasteiger partial charge is 0.201 e. The molecule has 12 heteroatoms. The van der Waals surface area contributed by atoms with Crippen LogP contribution in [0.3, 0.4) is 0 Å². The van der Waals surface area contributed by atoms with Crippen LogP contribution in [-0.4, -0.2) is 25.8 Å². The number of H-pyrrole nitrogens is 1. The Kier molecular flexibility index (Phi) is 6.86. The van der Waals surface area contributed by atoms with Crippen molar-refractivity contribution in [1.29, 1.82) is 0 Å². The molecule has 1 atom stereocenters. The number of carbonyl (C=O) groups is 1. The summed E-state index contributed by atoms with van der Waals surface area (Å²) in [5, 5.41) is 3.79. The largest absolute Gasteiger partial charge is 0.382 e. The molecule has 5 aromatic rings. The fourth-order valence-corrected chi connectivity index (χ4v) is 4.87. The van der Waals surface area contributed by atoms with Crippen molar-refractivity contribution in [2.75, 3.05) is 4.72 Å². The van der Waals surface area contributed by atoms with Gasteiger partial charge in [0, 0.05) is 34.5 Å². The number of halogens is 3. The second kappa shape index (κ2) is 10.4. The number of ketones is 1. The Hall–Kier alpha value is -4.97. The Labute approximate surface area is 222 Å². The minimum Gasteiger partial charge on any atom is -0.382 e. The lowest BCUT2D eigenvalue weighted by atomic mass is 9.99. The Bertz CT molecular complexity index is 1790. The molecule has 2 heterocycles. The van der Waals surface area contributed by atoms with E-state index in [4.69, 9.17) is 11.6 Å². The van der Waals surface area contributed by atoms with Crippen molar-refractivity contribution in [3.8, 4) is 11.1 Å². The molecular formula is C27H19F3N6O2S. The van der Waals surface area contributed by atoms with E-state index in [2.05, 4.69) is 19.8 Å². The van der Waals surface area contributed by atoms with Gasteiger partial charge in [0.15, 0.2) is 5.82 Å². The fourth-order valence-electron chi connectivity index (χ4n) is 3.97. The summed E-state index contributed by atoms with van der Waals surface area (Å²) in [6.45, 7) is 0. The van der Waals surface area contributed by atoms with Crippen LogP contribution < -0.4 is 16.3 Å². The van der Waals surface area contributed by atoms with Gasteiger partial charge in [-0.15, -0.1) is 0 Å². The zero-order valence-corrected chi connectivity index (χ0v) is 20.7. The number of amidine groups is 1. The molecule has 0 fully saturated rings. The number of hydrogen-bond acceptors (Lipinski definition) is 5. The van der Waals surface area contributed by atoms with Crippen molar-refractivity contribution in [3.05, 3.63) is 113 Å². The number of nitrogens with zero attached hydrogens (tertiary/aromatic N) is 2. The highest BCUT2D eigenvalue weighted by molar-refractivity contribution is 7.86. The molecule has 0 bridgehead atoms. The number of anilines is 1. The van der Waals surface area contributed by atoms with Crippen LogP contribution in [0, 0.1) is 17.5 Å². The molecule has 0 saturated carbocycles. The summed E-state index contributed by atoms with van der Waals surface area (Å²) in [7, 11) is -2.07. The van der Waals surface area contributed by atoms with E-state index in [9.17, 15) is 17.8 Å². The quantitative estimate of drug-likeness (QED) is 0.0775. The number of pyridine rings is 1. The van der Waals surface area contributed by atoms with E-state index in [0.29, 0.717) is 22.2 Å². The standard InChI is InChI=1S/C27H19F3N6O2S/c28-17-2-1-3-18(11-17)39(38)36-22-9-8-21(29)23(24(22)30)25(37)20-13-34-27-19(20)10-16(12-33-27)14-4-6-15(7-5-14)26(31)35-32/h1-13,36H,32H2,(H2,31,35)(H,33,34). The van der Waals surface area contributed by atoms with Gasteiger partial charge in [0.05, 0.1) is 16.1 Å². The molecular weight excluding hydrogens is 529 g/mol. The van der Waals surface area contributed by atoms with E-state index in [0.717, 1.165) is 23.8 Å². The minimum absolute atomic E-state index is 0.0170. The number of nitrogens with one attached hydrogen (secondary N) is 2. The van der Waals surface area contributed by atoms with Crippen molar-refractivity contribution in [2.45, 2.75) is 4.90 Å². The van der Waals surface area contributed by atoms with Crippen LogP contribution in [0.4, 0.5) is 18.9 Å². The van der Waals surface area contributed by atoms with Gasteiger partial charge in [-0.25, -0.2) is 22.4 Å². The monoisotopic (exact) mass is 548 g/mol. The third kappa shape index (κ3) is 4.97. The van der Waals surface area contributed by atoms with Crippen molar-refractivity contribution in [1.82, 2.24) is 9.97 Å². The number of hydrogen-bond donors (Lipinski definition) is 4. The summed E-state index contributed by atoms with van der Waals surface area (Å²) < 4.78 is 58.7. The summed E-state index contributed by atoms with van der Waals surface area (Å²) in [6.07, 6.45) is 2.89. The molecule has 8 nitrogen and oxygen atoms in total. The number of aromatic amines is 1. The van der Waals surface area contributed by atoms with Gasteiger partial charge in [-0.1, -0.05) is 30.3 Å². The fraction of sp³-hybridized carbons (Fsp3) is 0. The van der Waals surface area contributed by atoms with E-state index in [-0.39, 0.29) is 22.0 Å². The number of hydrazone groups is 1. The number of nitrogens with two attached hydrogens (primary N) is 2. The highest BCUT2D eigenvalue weighted by Crippen LogP contribution is 2.30. The van der Waals surface area contributed by atoms with E-state index in [1.165, 1.54) is 24.4 Å². The van der Waals surface area contributed by atoms with Crippen molar-refractivity contribution in [3.63, 3.8) is 0 Å². The second-order valence-electron chi connectivity index (χ2n) is 8.36. The number of fused-ring (bicyclic) bond motifs is 1. The lowest BCUT2D eigenvalue weighted by molar-refractivity contribution is 0.103. The predicted molar refractivity (Wildman–Crippen MR) is 143 cm³/mol. The molecule has 2 aromatic heterocycles. The molecule has 196 valence electrons. The van der Waals surface area contributed by atoms with Gasteiger partial charge in [0.1, 0.15) is 34.1 Å². The van der Waals surface area contributed by atoms with Crippen molar-refractivity contribution >= 4 is 39.3 Å². The molecule has 0 radical (unpaired) electrons. The molecule has 3 aromatic carbocycles. The second-order valence-corrected chi connectivity index (χ2v) is 9.57. The number of rotatable bonds is 7. The van der Waals surface area contributed by atoms with Gasteiger partial charge >= 0.3 is 0 Å². The van der Waals surface area contributed by atoms with E-state index in [1.54, 1.807) is 36.5 Å². The average molecular weight is 549 g/mol. The summed E-state index contributed by atoms with van der Waals surface area (Å²) >= 11 is 0. The maximum Gasteiger partial charge on any atom is 0.201 e. The first-order valence-corrected chi connectivity index (χ1v) is 12.5. The van der Waals surface area contributed by atoms with Crippen molar-refractivity contribution < 1.29 is 22.2 Å². The van der Waals surface area contributed by atoms with Gasteiger partial charge in [-0.2, -0.15) is 5.10 Å². The van der Waals surface area contributed by atoms with Gasteiger partial charge in [0.2, 0.25) is 5.78 Å². The Morgan fingerprint density at radius 2 is 1.77 bits per heavy atom. The van der Waals surface area contributed by atoms with Crippen LogP contribution in [0.2, 0.25) is 0 Å². The molecule has 0 saturated heterocycles. The van der Waals surface area contributed by atoms with Crippen molar-refractivity contribution in [2.24, 2.45) is 16.7 Å². The minimum atomic E-state index is -2.07. The van der Waals surface area contributed by atoms with E-state index in [1.807, 2.05) is 0 Å². The zero-order chi connectivity index (χ0) is 27.7. The maximum atomic E-state index is 15.4. The van der Waals surface area contributed by atoms with Gasteiger partial charge in [-0.3, -0.25) is 9.52 Å². The lowest BCUT2D eigenvalue weighted by Gasteiger charge is -2.11. The zero-order valence-electron chi connectivity index (χ0n) is 19.9. The molecule has 0 aliphatic heterocycles. The molecule has 0 spiro atoms. The van der Waals surface area contributed by atoms with Crippen LogP contribution in [0.15, 0.2) is 89.1 Å². The average Bonchev–Trinajstić information content (AvgIpc) is 3.37. The van der Waals surface area contributed by atoms with Crippen LogP contribution in [-0.2, 0) is 11.0 Å². The summed E-state index contributed by atoms with van der Waals surface area (Å²) in [5.74, 6) is 1.46. The van der Waals surface area contributed by atoms with Gasteiger partial charge in [0.25, 0.3) is 0 Å². The van der Waals surface area contributed by atoms with Crippen LogP contribution in [0.5, 0.6) is 0 Å². The summed E-state index contributed by atoms with van der Waals surface area (Å²) in [6, 6.07) is 15.4. The molecule has 0 amide bonds. The highest BCUT2D eigenvalue weighted by atomic mass is 32.2. The highest BCUT2D eigenvalue weighted by Gasteiger charge is 2.25. The van der Waals surface area contributed by atoms with Crippen LogP contribution in [0.1, 0.15) is 21.5 Å². The third-order valence-electron chi connectivity index (χ3n) is 5.96. The van der Waals surface area contributed by atoms with Crippen LogP contribution in [0.25, 0.3) is 22.2 Å². The Morgan fingerprint density at radius 1 is 1.00 bits per heavy atom. The molecule has 6 N–H and O–H groups in total. The number of benzene rings is 3. The molecule has 5 rings (SSSR count). The number of aromatic nitrogens is 2. The lowest BCUT2D eigenvalue weighted by Crippen LogP contribution is -2.15. The number of carbonyl (C=O) groups excluding carboxylic acids is 1. The molecule has 39 heavy (non-hydrogen) atoms. The Morgan fingerprint density at radius 3 is 2.49 bits per heavy atom. The first-order chi connectivity index (χ1) is 18.8. The normalized spacial score (nSPS) is 12.4. The first kappa shape index (κ1) is 25.7. The summed E-state index contributed by atoms with van der Waals surface area (Å²) in [4.78, 5) is 20.6. The topological polar surface area (TPSA) is 139 Å². The van der Waals surface area contributed by atoms with Gasteiger partial charge < -0.3 is 16.6 Å².